The summed E-state index contributed by atoms with van der Waals surface area (Å²) in [7, 11) is 0. The topological polar surface area (TPSA) is 129 Å². The van der Waals surface area contributed by atoms with Gasteiger partial charge in [0.15, 0.2) is 11.5 Å². The van der Waals surface area contributed by atoms with Gasteiger partial charge in [0.1, 0.15) is 34.3 Å². The Kier molecular flexibility index (Phi) is 3.29. The molecule has 0 saturated heterocycles. The van der Waals surface area contributed by atoms with E-state index in [9.17, 15) is 20.2 Å². The van der Waals surface area contributed by atoms with E-state index >= 15 is 0 Å². The molecule has 2 aliphatic heterocycles. The van der Waals surface area contributed by atoms with Gasteiger partial charge in [0.2, 0.25) is 0 Å². The largest absolute Gasteiger partial charge is 0.481 e. The van der Waals surface area contributed by atoms with Crippen LogP contribution >= 0.6 is 0 Å². The Hall–Kier alpha value is -4.08. The van der Waals surface area contributed by atoms with E-state index in [1.165, 1.54) is 30.4 Å². The molecular weight excluding hydrogens is 368 g/mol. The molecule has 5 rings (SSSR count). The minimum absolute atomic E-state index is 0.0404. The number of hydrogen-bond donors (Lipinski definition) is 0. The van der Waals surface area contributed by atoms with Crippen LogP contribution < -0.4 is 20.2 Å². The van der Waals surface area contributed by atoms with Crippen molar-refractivity contribution < 1.29 is 19.3 Å². The Labute approximate surface area is 156 Å². The molecule has 28 heavy (non-hydrogen) atoms. The number of nitro groups is 2. The van der Waals surface area contributed by atoms with E-state index in [1.54, 1.807) is 18.2 Å². The summed E-state index contributed by atoms with van der Waals surface area (Å²) in [6.07, 6.45) is 3.88. The molecule has 0 saturated carbocycles. The van der Waals surface area contributed by atoms with Gasteiger partial charge in [-0.1, -0.05) is 0 Å². The lowest BCUT2D eigenvalue weighted by molar-refractivity contribution is -0.419. The minimum atomic E-state index is -0.574. The van der Waals surface area contributed by atoms with Crippen LogP contribution in [0.2, 0.25) is 0 Å². The maximum Gasteiger partial charge on any atom is 0.273 e. The van der Waals surface area contributed by atoms with Gasteiger partial charge in [0.05, 0.1) is 15.9 Å². The zero-order chi connectivity index (χ0) is 19.4. The smallest absolute Gasteiger partial charge is 0.273 e. The molecule has 10 nitrogen and oxygen atoms in total. The first-order valence-corrected chi connectivity index (χ1v) is 8.26. The summed E-state index contributed by atoms with van der Waals surface area (Å²) in [5.74, 6) is 1.12. The van der Waals surface area contributed by atoms with Crippen molar-refractivity contribution >= 4 is 11.4 Å². The zero-order valence-corrected chi connectivity index (χ0v) is 14.0. The lowest BCUT2D eigenvalue weighted by atomic mass is 10.0. The van der Waals surface area contributed by atoms with Gasteiger partial charge < -0.3 is 9.47 Å². The molecule has 1 aliphatic carbocycles. The van der Waals surface area contributed by atoms with Crippen molar-refractivity contribution in [2.45, 2.75) is 12.1 Å². The highest BCUT2D eigenvalue weighted by Crippen LogP contribution is 2.36. The highest BCUT2D eigenvalue weighted by Gasteiger charge is 2.30. The van der Waals surface area contributed by atoms with Gasteiger partial charge in [-0.3, -0.25) is 25.2 Å². The SMILES string of the molecule is O=[N+]([O-])C1=C[C@@H]2Oc3cc4c(cc3=N[C@H]2C=C1)Oc1cc([N+](=O)[O-])ccc1N=4. The zero-order valence-electron chi connectivity index (χ0n) is 14.0. The maximum absolute atomic E-state index is 11.0. The first-order valence-electron chi connectivity index (χ1n) is 8.26. The lowest BCUT2D eigenvalue weighted by Crippen LogP contribution is -2.38. The Balaban J connectivity index is 1.58. The third kappa shape index (κ3) is 2.50. The average Bonchev–Trinajstić information content (AvgIpc) is 2.68. The average molecular weight is 378 g/mol. The number of non-ortho nitro benzene ring substituents is 1. The molecule has 2 heterocycles. The fourth-order valence-corrected chi connectivity index (χ4v) is 3.22. The third-order valence-corrected chi connectivity index (χ3v) is 4.55. The standard InChI is InChI=1S/C18H10N4O6/c23-21(24)9-1-3-11-15(5-9)27-17-8-14-18(7-13(17)19-11)28-16-6-10(22(25)26)2-4-12(16)20-14/h1-8,11,15H/t11-,15-/m0/s1. The molecule has 2 atom stereocenters. The molecular formula is C18H10N4O6. The summed E-state index contributed by atoms with van der Waals surface area (Å²) in [4.78, 5) is 30.0. The Bertz CT molecular complexity index is 1250. The van der Waals surface area contributed by atoms with Crippen molar-refractivity contribution in [1.29, 1.82) is 0 Å². The maximum atomic E-state index is 11.0. The van der Waals surface area contributed by atoms with Crippen LogP contribution in [-0.2, 0) is 0 Å². The molecule has 0 aromatic heterocycles. The number of nitro benzene ring substituents is 1. The van der Waals surface area contributed by atoms with Crippen LogP contribution in [0.25, 0.3) is 0 Å². The highest BCUT2D eigenvalue weighted by molar-refractivity contribution is 5.60. The normalized spacial score (nSPS) is 20.5. The summed E-state index contributed by atoms with van der Waals surface area (Å²) in [6.45, 7) is 0. The van der Waals surface area contributed by atoms with Crippen LogP contribution in [0.1, 0.15) is 0 Å². The Morgan fingerprint density at radius 2 is 1.79 bits per heavy atom. The number of allylic oxidation sites excluding steroid dienone is 1. The van der Waals surface area contributed by atoms with E-state index in [0.29, 0.717) is 27.9 Å². The van der Waals surface area contributed by atoms with Crippen LogP contribution in [0, 0.1) is 20.2 Å². The molecule has 0 fully saturated rings. The van der Waals surface area contributed by atoms with E-state index in [1.807, 2.05) is 0 Å². The van der Waals surface area contributed by atoms with Crippen molar-refractivity contribution in [3.05, 3.63) is 85.2 Å². The first kappa shape index (κ1) is 16.1. The van der Waals surface area contributed by atoms with Gasteiger partial charge in [-0.15, -0.1) is 0 Å². The number of ether oxygens (including phenoxy) is 2. The molecule has 10 heteroatoms. The monoisotopic (exact) mass is 378 g/mol. The molecule has 2 aromatic rings. The van der Waals surface area contributed by atoms with Gasteiger partial charge in [-0.25, -0.2) is 4.99 Å². The van der Waals surface area contributed by atoms with Crippen LogP contribution in [-0.4, -0.2) is 22.0 Å². The van der Waals surface area contributed by atoms with Crippen molar-refractivity contribution in [2.75, 3.05) is 0 Å². The molecule has 0 amide bonds. The second-order valence-corrected chi connectivity index (χ2v) is 6.32. The van der Waals surface area contributed by atoms with Crippen LogP contribution in [0.5, 0.6) is 17.2 Å². The van der Waals surface area contributed by atoms with Gasteiger partial charge in [-0.05, 0) is 12.1 Å². The van der Waals surface area contributed by atoms with Crippen molar-refractivity contribution in [3.8, 4) is 17.2 Å². The van der Waals surface area contributed by atoms with Crippen LogP contribution in [0.15, 0.2) is 64.2 Å². The number of hydrogen-bond acceptors (Lipinski definition) is 8. The molecule has 2 aromatic carbocycles. The molecule has 138 valence electrons. The van der Waals surface area contributed by atoms with E-state index in [0.717, 1.165) is 0 Å². The predicted octanol–water partition coefficient (Wildman–Crippen LogP) is 2.13. The Morgan fingerprint density at radius 1 is 0.964 bits per heavy atom. The van der Waals surface area contributed by atoms with Crippen LogP contribution in [0.3, 0.4) is 0 Å². The minimum Gasteiger partial charge on any atom is -0.481 e. The third-order valence-electron chi connectivity index (χ3n) is 4.55. The van der Waals surface area contributed by atoms with Crippen molar-refractivity contribution in [1.82, 2.24) is 0 Å². The second kappa shape index (κ2) is 5.71. The predicted molar refractivity (Wildman–Crippen MR) is 94.0 cm³/mol. The molecule has 0 spiro atoms. The molecule has 3 aliphatic rings. The van der Waals surface area contributed by atoms with Crippen molar-refractivity contribution in [3.63, 3.8) is 0 Å². The fraction of sp³-hybridized carbons (Fsp3) is 0.111. The van der Waals surface area contributed by atoms with Gasteiger partial charge in [0, 0.05) is 30.4 Å². The van der Waals surface area contributed by atoms with E-state index < -0.39 is 16.0 Å². The molecule has 0 N–H and O–H groups in total. The van der Waals surface area contributed by atoms with Gasteiger partial charge in [0.25, 0.3) is 11.4 Å². The number of fused-ring (bicyclic) bond motifs is 4. The molecule has 0 radical (unpaired) electrons. The van der Waals surface area contributed by atoms with E-state index in [4.69, 9.17) is 9.47 Å². The number of nitrogens with zero attached hydrogens (tertiary/aromatic N) is 4. The lowest BCUT2D eigenvalue weighted by Gasteiger charge is -2.26. The summed E-state index contributed by atoms with van der Waals surface area (Å²) in [5, 5.41) is 22.9. The fourth-order valence-electron chi connectivity index (χ4n) is 3.22. The number of benzene rings is 2. The first-order chi connectivity index (χ1) is 13.5. The van der Waals surface area contributed by atoms with Crippen LogP contribution in [0.4, 0.5) is 11.4 Å². The molecule has 0 bridgehead atoms. The summed E-state index contributed by atoms with van der Waals surface area (Å²) in [6, 6.07) is 7.08. The Morgan fingerprint density at radius 3 is 2.57 bits per heavy atom. The summed E-state index contributed by atoms with van der Waals surface area (Å²) in [5.41, 5.74) is 0.327. The van der Waals surface area contributed by atoms with E-state index in [-0.39, 0.29) is 23.2 Å². The summed E-state index contributed by atoms with van der Waals surface area (Å²) >= 11 is 0. The van der Waals surface area contributed by atoms with Gasteiger partial charge in [-0.2, -0.15) is 0 Å². The number of rotatable bonds is 2. The highest BCUT2D eigenvalue weighted by atomic mass is 16.6. The second-order valence-electron chi connectivity index (χ2n) is 6.32. The quantitative estimate of drug-likeness (QED) is 0.496. The summed E-state index contributed by atoms with van der Waals surface area (Å²) < 4.78 is 11.7. The van der Waals surface area contributed by atoms with Gasteiger partial charge >= 0.3 is 0 Å². The molecule has 0 unspecified atom stereocenters. The van der Waals surface area contributed by atoms with E-state index in [2.05, 4.69) is 9.98 Å². The van der Waals surface area contributed by atoms with Crippen molar-refractivity contribution in [2.24, 2.45) is 9.98 Å².